The first kappa shape index (κ1) is 13.0. The highest BCUT2D eigenvalue weighted by Crippen LogP contribution is 2.24. The van der Waals surface area contributed by atoms with Gasteiger partial charge in [-0.1, -0.05) is 6.42 Å². The van der Waals surface area contributed by atoms with E-state index in [0.29, 0.717) is 6.04 Å². The van der Waals surface area contributed by atoms with E-state index in [2.05, 4.69) is 31.1 Å². The summed E-state index contributed by atoms with van der Waals surface area (Å²) in [6.07, 6.45) is 7.04. The Morgan fingerprint density at radius 3 is 2.53 bits per heavy atom. The van der Waals surface area contributed by atoms with Gasteiger partial charge in [-0.2, -0.15) is 0 Å². The van der Waals surface area contributed by atoms with Gasteiger partial charge in [0.05, 0.1) is 0 Å². The lowest BCUT2D eigenvalue weighted by atomic mass is 9.85. The maximum absolute atomic E-state index is 3.57. The van der Waals surface area contributed by atoms with E-state index in [1.807, 2.05) is 0 Å². The minimum atomic E-state index is 0.688. The predicted octanol–water partition coefficient (Wildman–Crippen LogP) is 2.50. The molecule has 0 radical (unpaired) electrons. The minimum absolute atomic E-state index is 0.688. The molecule has 90 valence electrons. The van der Waals surface area contributed by atoms with Crippen LogP contribution in [0.15, 0.2) is 0 Å². The van der Waals surface area contributed by atoms with Gasteiger partial charge in [0.15, 0.2) is 0 Å². The van der Waals surface area contributed by atoms with Crippen molar-refractivity contribution in [2.75, 3.05) is 26.7 Å². The third-order valence-corrected chi connectivity index (χ3v) is 3.65. The summed E-state index contributed by atoms with van der Waals surface area (Å²) in [5, 5.41) is 3.57. The molecule has 1 aliphatic carbocycles. The third kappa shape index (κ3) is 5.53. The summed E-state index contributed by atoms with van der Waals surface area (Å²) in [6, 6.07) is 0.688. The Balaban J connectivity index is 1.80. The van der Waals surface area contributed by atoms with Crippen LogP contribution in [0.2, 0.25) is 0 Å². The molecule has 0 atom stereocenters. The molecule has 0 saturated heterocycles. The average molecular weight is 212 g/mol. The third-order valence-electron chi connectivity index (χ3n) is 3.65. The second-order valence-electron chi connectivity index (χ2n) is 5.28. The first-order chi connectivity index (χ1) is 7.20. The standard InChI is InChI=1S/C13H28N2/c1-12(2)15(3)10-5-4-9-14-11-13-7-6-8-13/h12-14H,4-11H2,1-3H3. The maximum atomic E-state index is 3.57. The molecular weight excluding hydrogens is 184 g/mol. The average Bonchev–Trinajstić information content (AvgIpc) is 2.13. The fraction of sp³-hybridized carbons (Fsp3) is 1.00. The molecule has 1 rings (SSSR count). The number of nitrogens with one attached hydrogen (secondary N) is 1. The summed E-state index contributed by atoms with van der Waals surface area (Å²) in [5.74, 6) is 1.00. The van der Waals surface area contributed by atoms with E-state index in [1.54, 1.807) is 0 Å². The van der Waals surface area contributed by atoms with Crippen molar-refractivity contribution >= 4 is 0 Å². The van der Waals surface area contributed by atoms with Gasteiger partial charge in [-0.25, -0.2) is 0 Å². The monoisotopic (exact) mass is 212 g/mol. The van der Waals surface area contributed by atoms with E-state index < -0.39 is 0 Å². The Kier molecular flexibility index (Phi) is 6.26. The zero-order valence-electron chi connectivity index (χ0n) is 10.8. The Labute approximate surface area is 95.4 Å². The van der Waals surface area contributed by atoms with E-state index in [4.69, 9.17) is 0 Å². The number of unbranched alkanes of at least 4 members (excludes halogenated alkanes) is 1. The van der Waals surface area contributed by atoms with Crippen molar-refractivity contribution < 1.29 is 0 Å². The van der Waals surface area contributed by atoms with Crippen LogP contribution in [-0.4, -0.2) is 37.6 Å². The molecule has 2 nitrogen and oxygen atoms in total. The van der Waals surface area contributed by atoms with E-state index >= 15 is 0 Å². The van der Waals surface area contributed by atoms with Crippen LogP contribution < -0.4 is 5.32 Å². The Bertz CT molecular complexity index is 153. The van der Waals surface area contributed by atoms with Crippen molar-refractivity contribution in [3.05, 3.63) is 0 Å². The molecule has 1 saturated carbocycles. The minimum Gasteiger partial charge on any atom is -0.316 e. The van der Waals surface area contributed by atoms with E-state index in [0.717, 1.165) is 5.92 Å². The SMILES string of the molecule is CC(C)N(C)CCCCNCC1CCC1. The van der Waals surface area contributed by atoms with Gasteiger partial charge in [-0.05, 0) is 72.1 Å². The molecule has 2 heteroatoms. The van der Waals surface area contributed by atoms with E-state index in [9.17, 15) is 0 Å². The quantitative estimate of drug-likeness (QED) is 0.622. The summed E-state index contributed by atoms with van der Waals surface area (Å²) < 4.78 is 0. The number of hydrogen-bond acceptors (Lipinski definition) is 2. The zero-order valence-corrected chi connectivity index (χ0v) is 10.8. The lowest BCUT2D eigenvalue weighted by Crippen LogP contribution is -2.29. The number of rotatable bonds is 8. The smallest absolute Gasteiger partial charge is 0.00355 e. The second kappa shape index (κ2) is 7.24. The summed E-state index contributed by atoms with van der Waals surface area (Å²) in [6.45, 7) is 8.23. The summed E-state index contributed by atoms with van der Waals surface area (Å²) in [5.41, 5.74) is 0. The topological polar surface area (TPSA) is 15.3 Å². The summed E-state index contributed by atoms with van der Waals surface area (Å²) >= 11 is 0. The van der Waals surface area contributed by atoms with Crippen molar-refractivity contribution in [3.63, 3.8) is 0 Å². The highest BCUT2D eigenvalue weighted by atomic mass is 15.1. The largest absolute Gasteiger partial charge is 0.316 e. The van der Waals surface area contributed by atoms with Gasteiger partial charge < -0.3 is 10.2 Å². The highest BCUT2D eigenvalue weighted by Gasteiger charge is 2.15. The first-order valence-electron chi connectivity index (χ1n) is 6.61. The maximum Gasteiger partial charge on any atom is 0.00355 e. The zero-order chi connectivity index (χ0) is 11.1. The summed E-state index contributed by atoms with van der Waals surface area (Å²) in [7, 11) is 2.21. The van der Waals surface area contributed by atoms with Gasteiger partial charge in [-0.3, -0.25) is 0 Å². The molecule has 15 heavy (non-hydrogen) atoms. The molecule has 0 amide bonds. The van der Waals surface area contributed by atoms with Crippen LogP contribution in [0.25, 0.3) is 0 Å². The van der Waals surface area contributed by atoms with Crippen molar-refractivity contribution in [1.29, 1.82) is 0 Å². The van der Waals surface area contributed by atoms with Crippen LogP contribution in [0, 0.1) is 5.92 Å². The highest BCUT2D eigenvalue weighted by molar-refractivity contribution is 4.71. The van der Waals surface area contributed by atoms with Crippen LogP contribution in [0.4, 0.5) is 0 Å². The molecule has 0 aromatic carbocycles. The molecule has 0 aromatic heterocycles. The van der Waals surface area contributed by atoms with Crippen LogP contribution >= 0.6 is 0 Å². The first-order valence-corrected chi connectivity index (χ1v) is 6.61. The van der Waals surface area contributed by atoms with E-state index in [-0.39, 0.29) is 0 Å². The van der Waals surface area contributed by atoms with Crippen molar-refractivity contribution in [1.82, 2.24) is 10.2 Å². The molecule has 0 bridgehead atoms. The van der Waals surface area contributed by atoms with Gasteiger partial charge in [-0.15, -0.1) is 0 Å². The van der Waals surface area contributed by atoms with Crippen LogP contribution in [0.5, 0.6) is 0 Å². The lowest BCUT2D eigenvalue weighted by Gasteiger charge is -2.25. The predicted molar refractivity (Wildman–Crippen MR) is 67.2 cm³/mol. The van der Waals surface area contributed by atoms with Gasteiger partial charge in [0.25, 0.3) is 0 Å². The normalized spacial score (nSPS) is 17.4. The molecule has 1 aliphatic rings. The van der Waals surface area contributed by atoms with Crippen molar-refractivity contribution in [2.45, 2.75) is 52.0 Å². The molecule has 0 aromatic rings. The van der Waals surface area contributed by atoms with Gasteiger partial charge >= 0.3 is 0 Å². The fourth-order valence-corrected chi connectivity index (χ4v) is 1.87. The van der Waals surface area contributed by atoms with Gasteiger partial charge in [0.2, 0.25) is 0 Å². The van der Waals surface area contributed by atoms with Gasteiger partial charge in [0, 0.05) is 6.04 Å². The molecule has 0 spiro atoms. The number of hydrogen-bond donors (Lipinski definition) is 1. The van der Waals surface area contributed by atoms with Crippen LogP contribution in [-0.2, 0) is 0 Å². The van der Waals surface area contributed by atoms with Crippen molar-refractivity contribution in [3.8, 4) is 0 Å². The Hall–Kier alpha value is -0.0800. The lowest BCUT2D eigenvalue weighted by molar-refractivity contribution is 0.265. The van der Waals surface area contributed by atoms with E-state index in [1.165, 1.54) is 51.7 Å². The van der Waals surface area contributed by atoms with Gasteiger partial charge in [0.1, 0.15) is 0 Å². The fourth-order valence-electron chi connectivity index (χ4n) is 1.87. The Morgan fingerprint density at radius 2 is 2.00 bits per heavy atom. The molecule has 1 fully saturated rings. The van der Waals surface area contributed by atoms with Crippen LogP contribution in [0.1, 0.15) is 46.0 Å². The molecular formula is C13H28N2. The van der Waals surface area contributed by atoms with Crippen LogP contribution in [0.3, 0.4) is 0 Å². The second-order valence-corrected chi connectivity index (χ2v) is 5.28. The molecule has 0 aliphatic heterocycles. The molecule has 0 heterocycles. The Morgan fingerprint density at radius 1 is 1.27 bits per heavy atom. The summed E-state index contributed by atoms with van der Waals surface area (Å²) in [4.78, 5) is 2.42. The number of nitrogens with zero attached hydrogens (tertiary/aromatic N) is 1. The van der Waals surface area contributed by atoms with Crippen molar-refractivity contribution in [2.24, 2.45) is 5.92 Å². The molecule has 1 N–H and O–H groups in total. The molecule has 0 unspecified atom stereocenters.